The third kappa shape index (κ3) is 1.07. The summed E-state index contributed by atoms with van der Waals surface area (Å²) in [4.78, 5) is 0. The Kier molecular flexibility index (Phi) is 1.47. The second kappa shape index (κ2) is 2.13. The molecule has 2 N–H and O–H groups in total. The molecular weight excluding hydrogens is 114 g/mol. The Morgan fingerprint density at radius 1 is 1.56 bits per heavy atom. The molecule has 0 aliphatic rings. The second-order valence-corrected chi connectivity index (χ2v) is 2.39. The number of furan rings is 1. The number of nitrogens with two attached hydrogens (primary N) is 1. The Hall–Kier alpha value is -0.920. The highest BCUT2D eigenvalue weighted by Crippen LogP contribution is 2.21. The van der Waals surface area contributed by atoms with E-state index in [1.165, 1.54) is 0 Å². The molecule has 0 radical (unpaired) electrons. The number of hydrogen-bond donors (Lipinski definition) is 1. The van der Waals surface area contributed by atoms with E-state index in [0.29, 0.717) is 11.8 Å². The fourth-order valence-electron chi connectivity index (χ4n) is 0.808. The first kappa shape index (κ1) is 6.20. The van der Waals surface area contributed by atoms with Crippen molar-refractivity contribution in [3.63, 3.8) is 0 Å². The summed E-state index contributed by atoms with van der Waals surface area (Å²) in [6.45, 7) is 4.17. The summed E-state index contributed by atoms with van der Waals surface area (Å²) in [6, 6.07) is 1.90. The first-order valence-corrected chi connectivity index (χ1v) is 3.04. The predicted molar refractivity (Wildman–Crippen MR) is 37.2 cm³/mol. The van der Waals surface area contributed by atoms with E-state index in [1.54, 1.807) is 6.26 Å². The fourth-order valence-corrected chi connectivity index (χ4v) is 0.808. The summed E-state index contributed by atoms with van der Waals surface area (Å²) in [5, 5.41) is 0. The Morgan fingerprint density at radius 2 is 2.22 bits per heavy atom. The highest BCUT2D eigenvalue weighted by molar-refractivity contribution is 5.37. The minimum absolute atomic E-state index is 0.462. The van der Waals surface area contributed by atoms with Crippen LogP contribution in [0.4, 0.5) is 5.88 Å². The van der Waals surface area contributed by atoms with Crippen LogP contribution in [0, 0.1) is 0 Å². The molecule has 1 rings (SSSR count). The van der Waals surface area contributed by atoms with Crippen LogP contribution in [0.2, 0.25) is 0 Å². The smallest absolute Gasteiger partial charge is 0.193 e. The number of anilines is 1. The molecular formula is C7H11NO. The first-order chi connectivity index (χ1) is 4.22. The third-order valence-corrected chi connectivity index (χ3v) is 1.35. The summed E-state index contributed by atoms with van der Waals surface area (Å²) >= 11 is 0. The number of rotatable bonds is 1. The van der Waals surface area contributed by atoms with Gasteiger partial charge in [-0.15, -0.1) is 0 Å². The van der Waals surface area contributed by atoms with Gasteiger partial charge >= 0.3 is 0 Å². The molecule has 1 aromatic heterocycles. The Labute approximate surface area is 54.7 Å². The van der Waals surface area contributed by atoms with Gasteiger partial charge in [0.25, 0.3) is 0 Å². The minimum Gasteiger partial charge on any atom is -0.449 e. The zero-order valence-electron chi connectivity index (χ0n) is 5.72. The van der Waals surface area contributed by atoms with E-state index in [1.807, 2.05) is 6.07 Å². The predicted octanol–water partition coefficient (Wildman–Crippen LogP) is 1.99. The lowest BCUT2D eigenvalue weighted by atomic mass is 10.1. The molecule has 0 bridgehead atoms. The molecule has 9 heavy (non-hydrogen) atoms. The van der Waals surface area contributed by atoms with Gasteiger partial charge in [-0.05, 0) is 12.0 Å². The van der Waals surface area contributed by atoms with E-state index >= 15 is 0 Å². The van der Waals surface area contributed by atoms with Crippen molar-refractivity contribution in [1.29, 1.82) is 0 Å². The standard InChI is InChI=1S/C7H11NO/c1-5(2)6-3-4-9-7(6)8/h3-5H,8H2,1-2H3. The van der Waals surface area contributed by atoms with Crippen LogP contribution in [-0.2, 0) is 0 Å². The van der Waals surface area contributed by atoms with Crippen LogP contribution >= 0.6 is 0 Å². The largest absolute Gasteiger partial charge is 0.449 e. The van der Waals surface area contributed by atoms with E-state index in [0.717, 1.165) is 5.56 Å². The summed E-state index contributed by atoms with van der Waals surface area (Å²) in [6.07, 6.45) is 1.62. The highest BCUT2D eigenvalue weighted by atomic mass is 16.3. The van der Waals surface area contributed by atoms with Crippen molar-refractivity contribution < 1.29 is 4.42 Å². The van der Waals surface area contributed by atoms with E-state index in [2.05, 4.69) is 13.8 Å². The Bertz CT molecular complexity index is 191. The summed E-state index contributed by atoms with van der Waals surface area (Å²) in [7, 11) is 0. The van der Waals surface area contributed by atoms with E-state index in [9.17, 15) is 0 Å². The van der Waals surface area contributed by atoms with Crippen molar-refractivity contribution in [2.24, 2.45) is 0 Å². The molecule has 0 amide bonds. The van der Waals surface area contributed by atoms with E-state index in [4.69, 9.17) is 10.2 Å². The SMILES string of the molecule is CC(C)c1ccoc1N. The zero-order valence-corrected chi connectivity index (χ0v) is 5.72. The van der Waals surface area contributed by atoms with E-state index in [-0.39, 0.29) is 0 Å². The summed E-state index contributed by atoms with van der Waals surface area (Å²) in [5.41, 5.74) is 6.57. The van der Waals surface area contributed by atoms with Crippen molar-refractivity contribution in [3.05, 3.63) is 17.9 Å². The zero-order chi connectivity index (χ0) is 6.85. The Balaban J connectivity index is 2.94. The summed E-state index contributed by atoms with van der Waals surface area (Å²) < 4.78 is 4.90. The van der Waals surface area contributed by atoms with Gasteiger partial charge in [0.1, 0.15) is 0 Å². The van der Waals surface area contributed by atoms with Crippen LogP contribution in [0.1, 0.15) is 25.3 Å². The maximum absolute atomic E-state index is 5.47. The molecule has 0 saturated carbocycles. The van der Waals surface area contributed by atoms with Crippen molar-refractivity contribution in [3.8, 4) is 0 Å². The molecule has 2 heteroatoms. The molecule has 1 heterocycles. The molecule has 0 saturated heterocycles. The van der Waals surface area contributed by atoms with Gasteiger partial charge in [-0.25, -0.2) is 0 Å². The highest BCUT2D eigenvalue weighted by Gasteiger charge is 2.04. The van der Waals surface area contributed by atoms with Crippen LogP contribution in [0.15, 0.2) is 16.7 Å². The van der Waals surface area contributed by atoms with Crippen molar-refractivity contribution >= 4 is 5.88 Å². The minimum atomic E-state index is 0.462. The normalized spacial score (nSPS) is 10.6. The van der Waals surface area contributed by atoms with Gasteiger partial charge in [-0.2, -0.15) is 0 Å². The molecule has 2 nitrogen and oxygen atoms in total. The third-order valence-electron chi connectivity index (χ3n) is 1.35. The maximum Gasteiger partial charge on any atom is 0.193 e. The monoisotopic (exact) mass is 125 g/mol. The van der Waals surface area contributed by atoms with Crippen LogP contribution in [0.25, 0.3) is 0 Å². The average molecular weight is 125 g/mol. The average Bonchev–Trinajstić information content (AvgIpc) is 2.13. The molecule has 0 unspecified atom stereocenters. The molecule has 0 aliphatic carbocycles. The number of hydrogen-bond acceptors (Lipinski definition) is 2. The molecule has 0 aromatic carbocycles. The van der Waals surface area contributed by atoms with Crippen LogP contribution < -0.4 is 5.73 Å². The van der Waals surface area contributed by atoms with Crippen LogP contribution in [-0.4, -0.2) is 0 Å². The first-order valence-electron chi connectivity index (χ1n) is 3.04. The van der Waals surface area contributed by atoms with Gasteiger partial charge in [0, 0.05) is 5.56 Å². The van der Waals surface area contributed by atoms with Crippen LogP contribution in [0.5, 0.6) is 0 Å². The fraction of sp³-hybridized carbons (Fsp3) is 0.429. The molecule has 50 valence electrons. The van der Waals surface area contributed by atoms with Crippen LogP contribution in [0.3, 0.4) is 0 Å². The lowest BCUT2D eigenvalue weighted by molar-refractivity contribution is 0.583. The van der Waals surface area contributed by atoms with Gasteiger partial charge < -0.3 is 10.2 Å². The lowest BCUT2D eigenvalue weighted by Crippen LogP contribution is -1.90. The molecule has 1 aromatic rings. The number of nitrogen functional groups attached to an aromatic ring is 1. The Morgan fingerprint density at radius 3 is 2.44 bits per heavy atom. The molecule has 0 spiro atoms. The molecule has 0 aliphatic heterocycles. The van der Waals surface area contributed by atoms with Crippen molar-refractivity contribution in [1.82, 2.24) is 0 Å². The van der Waals surface area contributed by atoms with Crippen molar-refractivity contribution in [2.75, 3.05) is 5.73 Å². The molecule has 0 fully saturated rings. The summed E-state index contributed by atoms with van der Waals surface area (Å²) in [5.74, 6) is 1.01. The van der Waals surface area contributed by atoms with Gasteiger partial charge in [0.15, 0.2) is 5.88 Å². The lowest BCUT2D eigenvalue weighted by Gasteiger charge is -1.98. The van der Waals surface area contributed by atoms with E-state index < -0.39 is 0 Å². The maximum atomic E-state index is 5.47. The quantitative estimate of drug-likeness (QED) is 0.623. The van der Waals surface area contributed by atoms with Gasteiger partial charge in [0.05, 0.1) is 6.26 Å². The van der Waals surface area contributed by atoms with Gasteiger partial charge in [-0.3, -0.25) is 0 Å². The van der Waals surface area contributed by atoms with Crippen molar-refractivity contribution in [2.45, 2.75) is 19.8 Å². The molecule has 0 atom stereocenters. The topological polar surface area (TPSA) is 39.2 Å². The second-order valence-electron chi connectivity index (χ2n) is 2.39. The van der Waals surface area contributed by atoms with Gasteiger partial charge in [0.2, 0.25) is 0 Å². The van der Waals surface area contributed by atoms with Gasteiger partial charge in [-0.1, -0.05) is 13.8 Å².